The number of nitrogens with zero attached hydrogens (tertiary/aromatic N) is 5. The maximum absolute atomic E-state index is 12.0. The summed E-state index contributed by atoms with van der Waals surface area (Å²) >= 11 is 0. The number of carbonyl (C=O) groups is 1. The molecule has 0 spiro atoms. The predicted molar refractivity (Wildman–Crippen MR) is 125 cm³/mol. The topological polar surface area (TPSA) is 95.5 Å². The molecule has 8 heteroatoms. The van der Waals surface area contributed by atoms with Crippen molar-refractivity contribution in [2.24, 2.45) is 0 Å². The second-order valence-electron chi connectivity index (χ2n) is 7.73. The predicted octanol–water partition coefficient (Wildman–Crippen LogP) is 3.15. The van der Waals surface area contributed by atoms with Gasteiger partial charge in [0.15, 0.2) is 5.65 Å². The Morgan fingerprint density at radius 1 is 1.00 bits per heavy atom. The van der Waals surface area contributed by atoms with Crippen LogP contribution in [0.2, 0.25) is 0 Å². The van der Waals surface area contributed by atoms with E-state index in [9.17, 15) is 4.79 Å². The van der Waals surface area contributed by atoms with E-state index in [1.807, 2.05) is 30.6 Å². The van der Waals surface area contributed by atoms with Crippen LogP contribution in [0.3, 0.4) is 0 Å². The van der Waals surface area contributed by atoms with Gasteiger partial charge in [0.05, 0.1) is 25.5 Å². The van der Waals surface area contributed by atoms with Crippen molar-refractivity contribution in [3.05, 3.63) is 72.7 Å². The van der Waals surface area contributed by atoms with Crippen molar-refractivity contribution in [3.8, 4) is 28.3 Å². The van der Waals surface area contributed by atoms with Gasteiger partial charge in [-0.2, -0.15) is 10.4 Å². The number of nitrogens with one attached hydrogen (secondary N) is 1. The van der Waals surface area contributed by atoms with Crippen molar-refractivity contribution in [1.29, 1.82) is 5.26 Å². The molecular formula is C25H22N6O2. The molecule has 164 valence electrons. The van der Waals surface area contributed by atoms with E-state index in [2.05, 4.69) is 44.6 Å². The summed E-state index contributed by atoms with van der Waals surface area (Å²) in [5.41, 5.74) is 6.29. The number of hydrogen-bond acceptors (Lipinski definition) is 6. The van der Waals surface area contributed by atoms with Gasteiger partial charge in [-0.15, -0.1) is 0 Å². The minimum atomic E-state index is -0.273. The van der Waals surface area contributed by atoms with E-state index in [1.54, 1.807) is 22.8 Å². The number of fused-ring (bicyclic) bond motifs is 1. The standard InChI is InChI=1S/C25H22N6O2/c26-9-10-27-25(32)20-3-1-19(2-4-20)23-16-29-31-17-21(15-28-24(23)31)18-5-7-22(8-6-18)30-11-13-33-14-12-30/h1-8,15-17H,10-14H2,(H,27,32). The van der Waals surface area contributed by atoms with E-state index >= 15 is 0 Å². The van der Waals surface area contributed by atoms with Crippen LogP contribution in [0, 0.1) is 11.3 Å². The first-order valence-electron chi connectivity index (χ1n) is 10.7. The fourth-order valence-electron chi connectivity index (χ4n) is 3.94. The highest BCUT2D eigenvalue weighted by atomic mass is 16.5. The molecule has 1 aliphatic heterocycles. The summed E-state index contributed by atoms with van der Waals surface area (Å²) in [6.45, 7) is 3.34. The number of anilines is 1. The molecule has 1 fully saturated rings. The molecule has 0 atom stereocenters. The van der Waals surface area contributed by atoms with E-state index in [1.165, 1.54) is 5.69 Å². The first-order chi connectivity index (χ1) is 16.2. The number of ether oxygens (including phenoxy) is 1. The van der Waals surface area contributed by atoms with E-state index < -0.39 is 0 Å². The highest BCUT2D eigenvalue weighted by Gasteiger charge is 2.13. The molecule has 1 aliphatic rings. The lowest BCUT2D eigenvalue weighted by molar-refractivity contribution is 0.0958. The Bertz CT molecular complexity index is 1320. The fourth-order valence-corrected chi connectivity index (χ4v) is 3.94. The highest BCUT2D eigenvalue weighted by Crippen LogP contribution is 2.27. The summed E-state index contributed by atoms with van der Waals surface area (Å²) in [4.78, 5) is 19.0. The lowest BCUT2D eigenvalue weighted by atomic mass is 10.1. The number of benzene rings is 2. The number of nitriles is 1. The third-order valence-electron chi connectivity index (χ3n) is 5.72. The lowest BCUT2D eigenvalue weighted by Crippen LogP contribution is -2.36. The van der Waals surface area contributed by atoms with Gasteiger partial charge < -0.3 is 15.0 Å². The van der Waals surface area contributed by atoms with Crippen molar-refractivity contribution in [2.45, 2.75) is 0 Å². The Kier molecular flexibility index (Phi) is 5.70. The maximum atomic E-state index is 12.0. The van der Waals surface area contributed by atoms with Crippen molar-refractivity contribution in [2.75, 3.05) is 37.7 Å². The van der Waals surface area contributed by atoms with Crippen LogP contribution in [0.15, 0.2) is 67.1 Å². The second kappa shape index (κ2) is 9.10. The normalized spacial score (nSPS) is 13.6. The van der Waals surface area contributed by atoms with Gasteiger partial charge in [0.25, 0.3) is 5.91 Å². The Morgan fingerprint density at radius 3 is 2.45 bits per heavy atom. The van der Waals surface area contributed by atoms with Gasteiger partial charge in [0.1, 0.15) is 6.54 Å². The average molecular weight is 438 g/mol. The molecule has 5 rings (SSSR count). The molecule has 1 N–H and O–H groups in total. The van der Waals surface area contributed by atoms with Gasteiger partial charge in [0.2, 0.25) is 0 Å². The molecule has 4 aromatic rings. The first kappa shape index (κ1) is 20.7. The van der Waals surface area contributed by atoms with Crippen LogP contribution < -0.4 is 10.2 Å². The van der Waals surface area contributed by atoms with E-state index in [4.69, 9.17) is 10.00 Å². The van der Waals surface area contributed by atoms with Crippen molar-refractivity contribution >= 4 is 17.2 Å². The Balaban J connectivity index is 1.36. The van der Waals surface area contributed by atoms with Gasteiger partial charge in [0, 0.05) is 47.9 Å². The minimum absolute atomic E-state index is 0.0170. The molecule has 1 saturated heterocycles. The smallest absolute Gasteiger partial charge is 0.252 e. The number of carbonyl (C=O) groups excluding carboxylic acids is 1. The van der Waals surface area contributed by atoms with Gasteiger partial charge >= 0.3 is 0 Å². The van der Waals surface area contributed by atoms with Crippen molar-refractivity contribution < 1.29 is 9.53 Å². The molecule has 0 bridgehead atoms. The van der Waals surface area contributed by atoms with E-state index in [0.29, 0.717) is 5.56 Å². The molecule has 0 aliphatic carbocycles. The molecule has 8 nitrogen and oxygen atoms in total. The van der Waals surface area contributed by atoms with Gasteiger partial charge in [-0.1, -0.05) is 24.3 Å². The molecule has 1 amide bonds. The monoisotopic (exact) mass is 438 g/mol. The number of rotatable bonds is 5. The van der Waals surface area contributed by atoms with Crippen LogP contribution >= 0.6 is 0 Å². The fraction of sp³-hybridized carbons (Fsp3) is 0.200. The molecule has 2 aromatic carbocycles. The van der Waals surface area contributed by atoms with Crippen LogP contribution in [0.4, 0.5) is 5.69 Å². The molecular weight excluding hydrogens is 416 g/mol. The number of amides is 1. The zero-order valence-corrected chi connectivity index (χ0v) is 17.9. The van der Waals surface area contributed by atoms with Crippen LogP contribution in [-0.2, 0) is 4.74 Å². The minimum Gasteiger partial charge on any atom is -0.378 e. The molecule has 0 unspecified atom stereocenters. The van der Waals surface area contributed by atoms with Crippen LogP contribution in [-0.4, -0.2) is 53.4 Å². The quantitative estimate of drug-likeness (QED) is 0.481. The Morgan fingerprint density at radius 2 is 1.73 bits per heavy atom. The van der Waals surface area contributed by atoms with Crippen LogP contribution in [0.5, 0.6) is 0 Å². The molecule has 0 radical (unpaired) electrons. The van der Waals surface area contributed by atoms with Gasteiger partial charge in [-0.3, -0.25) is 4.79 Å². The third kappa shape index (κ3) is 4.27. The summed E-state index contributed by atoms with van der Waals surface area (Å²) in [6.07, 6.45) is 5.60. The van der Waals surface area contributed by atoms with Gasteiger partial charge in [-0.25, -0.2) is 9.50 Å². The summed E-state index contributed by atoms with van der Waals surface area (Å²) in [5, 5.41) is 15.6. The van der Waals surface area contributed by atoms with E-state index in [0.717, 1.165) is 54.2 Å². The summed E-state index contributed by atoms with van der Waals surface area (Å²) < 4.78 is 7.20. The lowest BCUT2D eigenvalue weighted by Gasteiger charge is -2.28. The van der Waals surface area contributed by atoms with Gasteiger partial charge in [-0.05, 0) is 35.4 Å². The zero-order chi connectivity index (χ0) is 22.6. The highest BCUT2D eigenvalue weighted by molar-refractivity contribution is 5.95. The summed E-state index contributed by atoms with van der Waals surface area (Å²) in [7, 11) is 0. The third-order valence-corrected chi connectivity index (χ3v) is 5.72. The SMILES string of the molecule is N#CCNC(=O)c1ccc(-c2cnn3cc(-c4ccc(N5CCOCC5)cc4)cnc23)cc1. The summed E-state index contributed by atoms with van der Waals surface area (Å²) in [5.74, 6) is -0.273. The number of morpholine rings is 1. The van der Waals surface area contributed by atoms with Crippen LogP contribution in [0.25, 0.3) is 27.9 Å². The Labute approximate surface area is 191 Å². The maximum Gasteiger partial charge on any atom is 0.252 e. The zero-order valence-electron chi connectivity index (χ0n) is 17.9. The second-order valence-corrected chi connectivity index (χ2v) is 7.73. The molecule has 0 saturated carbocycles. The largest absolute Gasteiger partial charge is 0.378 e. The summed E-state index contributed by atoms with van der Waals surface area (Å²) in [6, 6.07) is 17.6. The molecule has 33 heavy (non-hydrogen) atoms. The van der Waals surface area contributed by atoms with Crippen LogP contribution in [0.1, 0.15) is 10.4 Å². The van der Waals surface area contributed by atoms with Crippen molar-refractivity contribution in [3.63, 3.8) is 0 Å². The number of hydrogen-bond donors (Lipinski definition) is 1. The first-order valence-corrected chi connectivity index (χ1v) is 10.7. The van der Waals surface area contributed by atoms with E-state index in [-0.39, 0.29) is 12.5 Å². The molecule has 2 aromatic heterocycles. The van der Waals surface area contributed by atoms with Crippen molar-refractivity contribution in [1.82, 2.24) is 19.9 Å². The average Bonchev–Trinajstić information content (AvgIpc) is 3.31. The Hall–Kier alpha value is -4.22. The number of aromatic nitrogens is 3. The molecule has 3 heterocycles.